The molecule has 176 valence electrons. The molecule has 3 aromatic carbocycles. The monoisotopic (exact) mass is 463 g/mol. The first-order chi connectivity index (χ1) is 16.7. The van der Waals surface area contributed by atoms with E-state index < -0.39 is 36.4 Å². The molecule has 1 aliphatic heterocycles. The van der Waals surface area contributed by atoms with Crippen molar-refractivity contribution in [2.24, 2.45) is 5.73 Å². The first-order valence-corrected chi connectivity index (χ1v) is 10.9. The number of esters is 2. The Morgan fingerprint density at radius 3 is 1.88 bits per heavy atom. The van der Waals surface area contributed by atoms with Gasteiger partial charge in [0.25, 0.3) is 0 Å². The summed E-state index contributed by atoms with van der Waals surface area (Å²) in [5.41, 5.74) is 6.66. The number of hydrogen-bond acceptors (Lipinski definition) is 8. The van der Waals surface area contributed by atoms with Gasteiger partial charge < -0.3 is 24.8 Å². The summed E-state index contributed by atoms with van der Waals surface area (Å²) in [6, 6.07) is 26.0. The molecule has 0 spiro atoms. The Balaban J connectivity index is 1.50. The predicted octanol–water partition coefficient (Wildman–Crippen LogP) is 3.17. The molecule has 2 N–H and O–H groups in total. The van der Waals surface area contributed by atoms with Crippen molar-refractivity contribution in [1.82, 2.24) is 0 Å². The quantitative estimate of drug-likeness (QED) is 0.293. The van der Waals surface area contributed by atoms with Gasteiger partial charge in [-0.3, -0.25) is 0 Å². The Morgan fingerprint density at radius 2 is 1.29 bits per heavy atom. The van der Waals surface area contributed by atoms with Crippen LogP contribution < -0.4 is 10.6 Å². The average molecular weight is 463 g/mol. The van der Waals surface area contributed by atoms with Crippen molar-refractivity contribution >= 4 is 11.9 Å². The van der Waals surface area contributed by atoms with Crippen molar-refractivity contribution in [3.63, 3.8) is 0 Å². The largest absolute Gasteiger partial charge is 0.459 e. The average Bonchev–Trinajstić information content (AvgIpc) is 3.23. The highest BCUT2D eigenvalue weighted by atomic mass is 17.2. The van der Waals surface area contributed by atoms with E-state index in [0.29, 0.717) is 16.9 Å². The zero-order valence-electron chi connectivity index (χ0n) is 18.3. The molecule has 0 amide bonds. The second kappa shape index (κ2) is 11.4. The van der Waals surface area contributed by atoms with Gasteiger partial charge in [-0.2, -0.15) is 4.89 Å². The number of carbonyl (C=O) groups excluding carboxylic acids is 2. The van der Waals surface area contributed by atoms with Gasteiger partial charge in [0.1, 0.15) is 18.8 Å². The lowest BCUT2D eigenvalue weighted by molar-refractivity contribution is -0.266. The van der Waals surface area contributed by atoms with Crippen LogP contribution in [0.1, 0.15) is 20.7 Å². The van der Waals surface area contributed by atoms with E-state index in [2.05, 4.69) is 0 Å². The Labute approximate surface area is 197 Å². The van der Waals surface area contributed by atoms with E-state index in [1.807, 2.05) is 6.07 Å². The van der Waals surface area contributed by atoms with Crippen molar-refractivity contribution in [2.45, 2.75) is 24.4 Å². The molecule has 4 atom stereocenters. The van der Waals surface area contributed by atoms with Gasteiger partial charge in [-0.25, -0.2) is 9.59 Å². The van der Waals surface area contributed by atoms with Crippen molar-refractivity contribution in [3.8, 4) is 5.75 Å². The van der Waals surface area contributed by atoms with Gasteiger partial charge in [0, 0.05) is 6.54 Å². The van der Waals surface area contributed by atoms with E-state index in [1.165, 1.54) is 0 Å². The molecule has 1 saturated heterocycles. The smallest absolute Gasteiger partial charge is 0.338 e. The second-order valence-electron chi connectivity index (χ2n) is 7.61. The molecule has 1 heterocycles. The van der Waals surface area contributed by atoms with E-state index in [1.54, 1.807) is 84.9 Å². The first kappa shape index (κ1) is 23.4. The third-order valence-corrected chi connectivity index (χ3v) is 5.28. The van der Waals surface area contributed by atoms with Crippen LogP contribution in [0.2, 0.25) is 0 Å². The molecular formula is C26H25NO7. The van der Waals surface area contributed by atoms with Crippen LogP contribution in [0.3, 0.4) is 0 Å². The summed E-state index contributed by atoms with van der Waals surface area (Å²) in [4.78, 5) is 36.3. The number of carbonyl (C=O) groups is 2. The normalized spacial score (nSPS) is 21.6. The van der Waals surface area contributed by atoms with Gasteiger partial charge in [0.05, 0.1) is 11.1 Å². The number of ether oxygens (including phenoxy) is 3. The molecule has 0 bridgehead atoms. The highest BCUT2D eigenvalue weighted by molar-refractivity contribution is 5.90. The fourth-order valence-electron chi connectivity index (χ4n) is 3.55. The topological polar surface area (TPSA) is 106 Å². The van der Waals surface area contributed by atoms with Crippen molar-refractivity contribution in [3.05, 3.63) is 102 Å². The number of nitrogens with two attached hydrogens (primary N) is 1. The number of hydrogen-bond donors (Lipinski definition) is 1. The molecule has 0 unspecified atom stereocenters. The van der Waals surface area contributed by atoms with Crippen LogP contribution in [-0.2, 0) is 19.1 Å². The lowest BCUT2D eigenvalue weighted by atomic mass is 10.1. The minimum absolute atomic E-state index is 0.0747. The van der Waals surface area contributed by atoms with Gasteiger partial charge in [-0.05, 0) is 36.4 Å². The standard InChI is InChI=1S/C26H25NO7/c27-16-21-24(34-33-20-14-8-3-9-15-20)23(32-26(29)19-12-6-2-7-13-19)22(31-21)17-30-25(28)18-10-4-1-5-11-18/h1-15,21-24H,16-17,27H2/t21-,22+,23+,24+/m0/s1. The van der Waals surface area contributed by atoms with Crippen LogP contribution in [0.5, 0.6) is 5.75 Å². The molecule has 34 heavy (non-hydrogen) atoms. The zero-order valence-corrected chi connectivity index (χ0v) is 18.3. The maximum atomic E-state index is 12.8. The highest BCUT2D eigenvalue weighted by Gasteiger charge is 2.49. The maximum absolute atomic E-state index is 12.8. The van der Waals surface area contributed by atoms with E-state index in [9.17, 15) is 9.59 Å². The van der Waals surface area contributed by atoms with Crippen LogP contribution in [0.25, 0.3) is 0 Å². The minimum atomic E-state index is -0.937. The number of benzene rings is 3. The van der Waals surface area contributed by atoms with Gasteiger partial charge in [-0.15, -0.1) is 0 Å². The van der Waals surface area contributed by atoms with E-state index in [-0.39, 0.29) is 13.2 Å². The van der Waals surface area contributed by atoms with E-state index >= 15 is 0 Å². The Hall–Kier alpha value is -3.72. The third kappa shape index (κ3) is 5.79. The molecule has 8 heteroatoms. The lowest BCUT2D eigenvalue weighted by Crippen LogP contribution is -2.43. The maximum Gasteiger partial charge on any atom is 0.338 e. The molecule has 0 radical (unpaired) electrons. The number of rotatable bonds is 9. The molecule has 0 aromatic heterocycles. The van der Waals surface area contributed by atoms with Crippen LogP contribution in [0.15, 0.2) is 91.0 Å². The molecule has 0 saturated carbocycles. The van der Waals surface area contributed by atoms with Crippen LogP contribution >= 0.6 is 0 Å². The SMILES string of the molecule is NC[C@@H]1O[C@H](COC(=O)c2ccccc2)[C@@H](OC(=O)c2ccccc2)[C@@H]1OOc1ccccc1. The van der Waals surface area contributed by atoms with Gasteiger partial charge in [0.15, 0.2) is 18.0 Å². The van der Waals surface area contributed by atoms with Gasteiger partial charge >= 0.3 is 11.9 Å². The van der Waals surface area contributed by atoms with E-state index in [4.69, 9.17) is 29.7 Å². The summed E-state index contributed by atoms with van der Waals surface area (Å²) in [7, 11) is 0. The van der Waals surface area contributed by atoms with Crippen molar-refractivity contribution < 1.29 is 33.6 Å². The molecule has 1 fully saturated rings. The molecule has 4 rings (SSSR count). The van der Waals surface area contributed by atoms with Crippen molar-refractivity contribution in [1.29, 1.82) is 0 Å². The summed E-state index contributed by atoms with van der Waals surface area (Å²) in [6.07, 6.45) is -3.25. The number of para-hydroxylation sites is 1. The Morgan fingerprint density at radius 1 is 0.735 bits per heavy atom. The van der Waals surface area contributed by atoms with Crippen molar-refractivity contribution in [2.75, 3.05) is 13.2 Å². The minimum Gasteiger partial charge on any atom is -0.459 e. The van der Waals surface area contributed by atoms with Crippen LogP contribution in [0, 0.1) is 0 Å². The molecule has 8 nitrogen and oxygen atoms in total. The van der Waals surface area contributed by atoms with Gasteiger partial charge in [-0.1, -0.05) is 54.6 Å². The predicted molar refractivity (Wildman–Crippen MR) is 122 cm³/mol. The second-order valence-corrected chi connectivity index (χ2v) is 7.61. The summed E-state index contributed by atoms with van der Waals surface area (Å²) in [5.74, 6) is -0.628. The first-order valence-electron chi connectivity index (χ1n) is 10.9. The summed E-state index contributed by atoms with van der Waals surface area (Å²) < 4.78 is 17.2. The van der Waals surface area contributed by atoms with E-state index in [0.717, 1.165) is 0 Å². The molecule has 3 aromatic rings. The third-order valence-electron chi connectivity index (χ3n) is 5.28. The summed E-state index contributed by atoms with van der Waals surface area (Å²) in [5, 5.41) is 0. The fourth-order valence-corrected chi connectivity index (χ4v) is 3.55. The molecule has 0 aliphatic carbocycles. The van der Waals surface area contributed by atoms with Crippen LogP contribution in [0.4, 0.5) is 0 Å². The fraction of sp³-hybridized carbons (Fsp3) is 0.231. The Kier molecular flexibility index (Phi) is 7.87. The molecular weight excluding hydrogens is 438 g/mol. The summed E-state index contributed by atoms with van der Waals surface area (Å²) >= 11 is 0. The Bertz CT molecular complexity index is 1060. The zero-order chi connectivity index (χ0) is 23.8. The van der Waals surface area contributed by atoms with Gasteiger partial charge in [0.2, 0.25) is 0 Å². The molecule has 1 aliphatic rings. The summed E-state index contributed by atoms with van der Waals surface area (Å²) in [6.45, 7) is -0.0898. The van der Waals surface area contributed by atoms with Crippen LogP contribution in [-0.4, -0.2) is 49.5 Å². The highest BCUT2D eigenvalue weighted by Crippen LogP contribution is 2.29. The lowest BCUT2D eigenvalue weighted by Gasteiger charge is -2.23.